The first-order valence-electron chi connectivity index (χ1n) is 8.49. The van der Waals surface area contributed by atoms with Crippen LogP contribution in [0.4, 0.5) is 0 Å². The number of aryl methyl sites for hydroxylation is 1. The third kappa shape index (κ3) is 3.88. The fourth-order valence-electron chi connectivity index (χ4n) is 3.06. The summed E-state index contributed by atoms with van der Waals surface area (Å²) in [6.07, 6.45) is 9.18. The molecule has 0 amide bonds. The summed E-state index contributed by atoms with van der Waals surface area (Å²) < 4.78 is 5.26. The molecule has 2 aromatic rings. The lowest BCUT2D eigenvalue weighted by atomic mass is 9.92. The van der Waals surface area contributed by atoms with Crippen LogP contribution in [0.2, 0.25) is 0 Å². The van der Waals surface area contributed by atoms with Crippen LogP contribution < -0.4 is 0 Å². The molecule has 124 valence electrons. The molecular formula is C20H22N2O2. The Kier molecular flexibility index (Phi) is 5.36. The van der Waals surface area contributed by atoms with Gasteiger partial charge in [0.1, 0.15) is 0 Å². The minimum absolute atomic E-state index is 0.143. The molecular weight excluding hydrogens is 300 g/mol. The second-order valence-corrected chi connectivity index (χ2v) is 6.00. The minimum Gasteiger partial charge on any atom is -0.466 e. The molecule has 4 heteroatoms. The van der Waals surface area contributed by atoms with Crippen molar-refractivity contribution in [1.29, 1.82) is 0 Å². The van der Waals surface area contributed by atoms with Crippen molar-refractivity contribution in [2.24, 2.45) is 5.92 Å². The summed E-state index contributed by atoms with van der Waals surface area (Å²) in [5, 5.41) is 8.39. The standard InChI is InChI=1S/C20H22N2O2/c1-2-24-20(23)18-9-5-3-4-7-15-8-6-10-16(13-15)19-17(14-18)11-12-21-22-19/h3,5-6,8,10-13,18H,2,4,7,9,14H2,1H3/b5-3-. The normalized spacial score (nSPS) is 18.6. The van der Waals surface area contributed by atoms with Crippen LogP contribution in [0.5, 0.6) is 0 Å². The largest absolute Gasteiger partial charge is 0.466 e. The van der Waals surface area contributed by atoms with Gasteiger partial charge in [-0.15, -0.1) is 0 Å². The average Bonchev–Trinajstić information content (AvgIpc) is 2.60. The summed E-state index contributed by atoms with van der Waals surface area (Å²) in [6.45, 7) is 2.25. The molecule has 1 aliphatic carbocycles. The zero-order valence-electron chi connectivity index (χ0n) is 13.9. The molecule has 0 spiro atoms. The van der Waals surface area contributed by atoms with E-state index in [1.807, 2.05) is 13.0 Å². The Labute approximate surface area is 142 Å². The van der Waals surface area contributed by atoms with Gasteiger partial charge in [-0.25, -0.2) is 0 Å². The molecule has 0 saturated heterocycles. The van der Waals surface area contributed by atoms with Crippen LogP contribution in [0, 0.1) is 5.92 Å². The van der Waals surface area contributed by atoms with Gasteiger partial charge >= 0.3 is 5.97 Å². The summed E-state index contributed by atoms with van der Waals surface area (Å²) >= 11 is 0. The van der Waals surface area contributed by atoms with Crippen molar-refractivity contribution >= 4 is 5.97 Å². The zero-order valence-corrected chi connectivity index (χ0v) is 13.9. The van der Waals surface area contributed by atoms with Crippen LogP contribution in [0.3, 0.4) is 0 Å². The lowest BCUT2D eigenvalue weighted by Crippen LogP contribution is -2.20. The lowest BCUT2D eigenvalue weighted by Gasteiger charge is -2.16. The van der Waals surface area contributed by atoms with Crippen molar-refractivity contribution in [3.05, 3.63) is 59.8 Å². The van der Waals surface area contributed by atoms with Gasteiger partial charge in [-0.05, 0) is 55.9 Å². The third-order valence-corrected chi connectivity index (χ3v) is 4.28. The number of ether oxygens (including phenoxy) is 1. The first-order valence-corrected chi connectivity index (χ1v) is 8.49. The van der Waals surface area contributed by atoms with Crippen molar-refractivity contribution in [3.8, 4) is 11.3 Å². The predicted molar refractivity (Wildman–Crippen MR) is 93.4 cm³/mol. The number of carbonyl (C=O) groups excluding carboxylic acids is 1. The van der Waals surface area contributed by atoms with E-state index in [1.165, 1.54) is 5.56 Å². The van der Waals surface area contributed by atoms with E-state index >= 15 is 0 Å². The zero-order chi connectivity index (χ0) is 16.8. The molecule has 4 nitrogen and oxygen atoms in total. The van der Waals surface area contributed by atoms with Gasteiger partial charge in [0.05, 0.1) is 18.2 Å². The summed E-state index contributed by atoms with van der Waals surface area (Å²) in [6, 6.07) is 10.4. The van der Waals surface area contributed by atoms with Crippen molar-refractivity contribution in [3.63, 3.8) is 0 Å². The van der Waals surface area contributed by atoms with Gasteiger partial charge in [-0.1, -0.05) is 30.4 Å². The number of hydrogen-bond donors (Lipinski definition) is 0. The Balaban J connectivity index is 2.01. The van der Waals surface area contributed by atoms with Gasteiger partial charge in [0.2, 0.25) is 0 Å². The fraction of sp³-hybridized carbons (Fsp3) is 0.350. The quantitative estimate of drug-likeness (QED) is 0.624. The number of hydrogen-bond acceptors (Lipinski definition) is 4. The maximum absolute atomic E-state index is 12.3. The summed E-state index contributed by atoms with van der Waals surface area (Å²) in [7, 11) is 0. The highest BCUT2D eigenvalue weighted by Crippen LogP contribution is 2.26. The Morgan fingerprint density at radius 1 is 1.29 bits per heavy atom. The van der Waals surface area contributed by atoms with Crippen molar-refractivity contribution < 1.29 is 9.53 Å². The molecule has 0 radical (unpaired) electrons. The predicted octanol–water partition coefficient (Wildman–Crippen LogP) is 3.76. The van der Waals surface area contributed by atoms with Crippen molar-refractivity contribution in [2.75, 3.05) is 6.61 Å². The molecule has 1 atom stereocenters. The molecule has 1 aromatic carbocycles. The fourth-order valence-corrected chi connectivity index (χ4v) is 3.06. The highest BCUT2D eigenvalue weighted by atomic mass is 16.5. The molecule has 0 fully saturated rings. The van der Waals surface area contributed by atoms with Gasteiger partial charge in [-0.2, -0.15) is 10.2 Å². The van der Waals surface area contributed by atoms with Crippen LogP contribution in [-0.2, 0) is 22.4 Å². The maximum atomic E-state index is 12.3. The van der Waals surface area contributed by atoms with Crippen molar-refractivity contribution in [1.82, 2.24) is 10.2 Å². The lowest BCUT2D eigenvalue weighted by molar-refractivity contribution is -0.147. The Bertz CT molecular complexity index is 740. The Morgan fingerprint density at radius 3 is 3.08 bits per heavy atom. The van der Waals surface area contributed by atoms with Gasteiger partial charge in [0, 0.05) is 11.8 Å². The first-order chi connectivity index (χ1) is 11.8. The second kappa shape index (κ2) is 7.86. The monoisotopic (exact) mass is 322 g/mol. The summed E-state index contributed by atoms with van der Waals surface area (Å²) in [5.74, 6) is -0.331. The Hall–Kier alpha value is -2.49. The van der Waals surface area contributed by atoms with Gasteiger partial charge in [0.25, 0.3) is 0 Å². The number of esters is 1. The van der Waals surface area contributed by atoms with E-state index in [9.17, 15) is 4.79 Å². The number of aromatic nitrogens is 2. The summed E-state index contributed by atoms with van der Waals surface area (Å²) in [4.78, 5) is 12.3. The van der Waals surface area contributed by atoms with E-state index in [4.69, 9.17) is 4.74 Å². The van der Waals surface area contributed by atoms with E-state index in [1.54, 1.807) is 6.20 Å². The van der Waals surface area contributed by atoms with E-state index in [-0.39, 0.29) is 11.9 Å². The minimum atomic E-state index is -0.188. The SMILES string of the molecule is CCOC(=O)C1C/C=C\CCc2cccc(c2)-c2nnccc2C1. The van der Waals surface area contributed by atoms with Crippen LogP contribution >= 0.6 is 0 Å². The number of allylic oxidation sites excluding steroid dienone is 2. The van der Waals surface area contributed by atoms with Gasteiger partial charge in [0.15, 0.2) is 0 Å². The van der Waals surface area contributed by atoms with E-state index in [2.05, 4.69) is 46.6 Å². The summed E-state index contributed by atoms with van der Waals surface area (Å²) in [5.41, 5.74) is 4.24. The molecule has 0 N–H and O–H groups in total. The molecule has 1 unspecified atom stereocenters. The van der Waals surface area contributed by atoms with Gasteiger partial charge in [-0.3, -0.25) is 4.79 Å². The number of rotatable bonds is 2. The molecule has 24 heavy (non-hydrogen) atoms. The number of carbonyl (C=O) groups is 1. The van der Waals surface area contributed by atoms with Crippen molar-refractivity contribution in [2.45, 2.75) is 32.6 Å². The van der Waals surface area contributed by atoms with E-state index in [0.717, 1.165) is 29.7 Å². The topological polar surface area (TPSA) is 52.1 Å². The molecule has 0 saturated carbocycles. The molecule has 0 aliphatic heterocycles. The number of fused-ring (bicyclic) bond motifs is 4. The van der Waals surface area contributed by atoms with Crippen LogP contribution in [0.15, 0.2) is 48.7 Å². The highest BCUT2D eigenvalue weighted by Gasteiger charge is 2.21. The molecule has 1 heterocycles. The molecule has 3 rings (SSSR count). The molecule has 1 aliphatic rings. The maximum Gasteiger partial charge on any atom is 0.309 e. The van der Waals surface area contributed by atoms with Crippen LogP contribution in [0.1, 0.15) is 30.9 Å². The van der Waals surface area contributed by atoms with Crippen LogP contribution in [-0.4, -0.2) is 22.8 Å². The van der Waals surface area contributed by atoms with Gasteiger partial charge < -0.3 is 4.74 Å². The molecule has 2 bridgehead atoms. The van der Waals surface area contributed by atoms with E-state index < -0.39 is 0 Å². The molecule has 1 aromatic heterocycles. The van der Waals surface area contributed by atoms with Crippen LogP contribution in [0.25, 0.3) is 11.3 Å². The average molecular weight is 322 g/mol. The Morgan fingerprint density at radius 2 is 2.21 bits per heavy atom. The number of benzene rings is 1. The highest BCUT2D eigenvalue weighted by molar-refractivity contribution is 5.74. The third-order valence-electron chi connectivity index (χ3n) is 4.28. The number of nitrogens with zero attached hydrogens (tertiary/aromatic N) is 2. The first kappa shape index (κ1) is 16.4. The smallest absolute Gasteiger partial charge is 0.309 e. The van der Waals surface area contributed by atoms with E-state index in [0.29, 0.717) is 19.4 Å². The second-order valence-electron chi connectivity index (χ2n) is 6.00.